The van der Waals surface area contributed by atoms with Crippen molar-refractivity contribution in [1.82, 2.24) is 9.66 Å². The molecule has 0 saturated heterocycles. The fraction of sp³-hybridized carbons (Fsp3) is 0.0800. The molecule has 1 amide bonds. The van der Waals surface area contributed by atoms with Crippen LogP contribution < -0.4 is 20.5 Å². The molecule has 0 fully saturated rings. The lowest BCUT2D eigenvalue weighted by atomic mass is 10.1. The number of nitro groups is 1. The van der Waals surface area contributed by atoms with Gasteiger partial charge in [-0.05, 0) is 54.1 Å². The van der Waals surface area contributed by atoms with E-state index in [0.29, 0.717) is 33.5 Å². The molecule has 0 aliphatic heterocycles. The molecule has 35 heavy (non-hydrogen) atoms. The molecule has 0 unspecified atom stereocenters. The van der Waals surface area contributed by atoms with Gasteiger partial charge in [0.15, 0.2) is 17.3 Å². The molecule has 4 aromatic rings. The highest BCUT2D eigenvalue weighted by Crippen LogP contribution is 2.31. The number of fused-ring (bicyclic) bond motifs is 1. The SMILES string of the molecule is COc1ccc(-c2nc3ccccc3c(=O)n2NC(=O)/C=C/c2ccc([N+](=O)[O-])cc2)cc1OC. The van der Waals surface area contributed by atoms with Crippen LogP contribution in [0.1, 0.15) is 5.56 Å². The maximum absolute atomic E-state index is 13.3. The van der Waals surface area contributed by atoms with Crippen molar-refractivity contribution in [2.45, 2.75) is 0 Å². The van der Waals surface area contributed by atoms with Gasteiger partial charge in [-0.3, -0.25) is 25.1 Å². The second kappa shape index (κ2) is 9.87. The van der Waals surface area contributed by atoms with E-state index in [9.17, 15) is 19.7 Å². The summed E-state index contributed by atoms with van der Waals surface area (Å²) in [6, 6.07) is 17.6. The van der Waals surface area contributed by atoms with E-state index in [1.165, 1.54) is 50.6 Å². The molecule has 1 N–H and O–H groups in total. The Morgan fingerprint density at radius 2 is 1.74 bits per heavy atom. The smallest absolute Gasteiger partial charge is 0.280 e. The van der Waals surface area contributed by atoms with Crippen LogP contribution >= 0.6 is 0 Å². The topological polar surface area (TPSA) is 126 Å². The van der Waals surface area contributed by atoms with Crippen molar-refractivity contribution in [3.8, 4) is 22.9 Å². The zero-order chi connectivity index (χ0) is 24.9. The Morgan fingerprint density at radius 1 is 1.03 bits per heavy atom. The monoisotopic (exact) mass is 472 g/mol. The molecule has 0 atom stereocenters. The van der Waals surface area contributed by atoms with E-state index in [1.807, 2.05) is 0 Å². The number of carbonyl (C=O) groups is 1. The van der Waals surface area contributed by atoms with Crippen LogP contribution in [0.15, 0.2) is 77.6 Å². The van der Waals surface area contributed by atoms with Crippen molar-refractivity contribution < 1.29 is 19.2 Å². The van der Waals surface area contributed by atoms with Crippen molar-refractivity contribution in [1.29, 1.82) is 0 Å². The lowest BCUT2D eigenvalue weighted by molar-refractivity contribution is -0.384. The van der Waals surface area contributed by atoms with Crippen LogP contribution in [0.5, 0.6) is 11.5 Å². The van der Waals surface area contributed by atoms with Crippen molar-refractivity contribution in [3.63, 3.8) is 0 Å². The number of nitro benzene ring substituents is 1. The number of amides is 1. The predicted octanol–water partition coefficient (Wildman–Crippen LogP) is 3.77. The first-order valence-corrected chi connectivity index (χ1v) is 10.4. The lowest BCUT2D eigenvalue weighted by Crippen LogP contribution is -2.34. The minimum atomic E-state index is -0.593. The Labute approximate surface area is 199 Å². The van der Waals surface area contributed by atoms with Crippen LogP contribution in [-0.4, -0.2) is 34.7 Å². The summed E-state index contributed by atoms with van der Waals surface area (Å²) in [7, 11) is 3.01. The number of nitrogens with one attached hydrogen (secondary N) is 1. The molecule has 10 nitrogen and oxygen atoms in total. The zero-order valence-corrected chi connectivity index (χ0v) is 18.8. The highest BCUT2D eigenvalue weighted by Gasteiger charge is 2.16. The molecule has 176 valence electrons. The van der Waals surface area contributed by atoms with Gasteiger partial charge in [-0.25, -0.2) is 4.98 Å². The van der Waals surface area contributed by atoms with Gasteiger partial charge in [-0.1, -0.05) is 12.1 Å². The summed E-state index contributed by atoms with van der Waals surface area (Å²) in [6.07, 6.45) is 2.70. The van der Waals surface area contributed by atoms with Crippen molar-refractivity contribution in [2.75, 3.05) is 19.6 Å². The Bertz CT molecular complexity index is 1510. The van der Waals surface area contributed by atoms with Gasteiger partial charge < -0.3 is 9.47 Å². The molecular weight excluding hydrogens is 452 g/mol. The minimum absolute atomic E-state index is 0.0556. The van der Waals surface area contributed by atoms with Crippen LogP contribution in [0.4, 0.5) is 5.69 Å². The molecule has 0 aliphatic rings. The number of non-ortho nitro benzene ring substituents is 1. The quantitative estimate of drug-likeness (QED) is 0.246. The van der Waals surface area contributed by atoms with Gasteiger partial charge in [-0.15, -0.1) is 0 Å². The second-order valence-corrected chi connectivity index (χ2v) is 7.32. The van der Waals surface area contributed by atoms with Gasteiger partial charge in [0.2, 0.25) is 0 Å². The maximum Gasteiger partial charge on any atom is 0.280 e. The van der Waals surface area contributed by atoms with Crippen LogP contribution in [-0.2, 0) is 4.79 Å². The summed E-state index contributed by atoms with van der Waals surface area (Å²) in [4.78, 5) is 40.9. The third kappa shape index (κ3) is 4.86. The summed E-state index contributed by atoms with van der Waals surface area (Å²) in [5.74, 6) is 0.542. The van der Waals surface area contributed by atoms with E-state index in [-0.39, 0.29) is 11.5 Å². The number of benzene rings is 3. The Morgan fingerprint density at radius 3 is 2.43 bits per heavy atom. The number of aromatic nitrogens is 2. The highest BCUT2D eigenvalue weighted by molar-refractivity contribution is 5.98. The van der Waals surface area contributed by atoms with Gasteiger partial charge in [0.25, 0.3) is 17.2 Å². The Balaban J connectivity index is 1.73. The van der Waals surface area contributed by atoms with Gasteiger partial charge in [0.05, 0.1) is 30.0 Å². The summed E-state index contributed by atoms with van der Waals surface area (Å²) in [6.45, 7) is 0. The van der Waals surface area contributed by atoms with E-state index >= 15 is 0 Å². The molecule has 0 aliphatic carbocycles. The molecule has 0 saturated carbocycles. The maximum atomic E-state index is 13.3. The first-order chi connectivity index (χ1) is 16.9. The van der Waals surface area contributed by atoms with Crippen molar-refractivity contribution >= 4 is 28.6 Å². The molecule has 4 rings (SSSR count). The molecular formula is C25H20N4O6. The number of hydrogen-bond donors (Lipinski definition) is 1. The van der Waals surface area contributed by atoms with Crippen LogP contribution in [0, 0.1) is 10.1 Å². The van der Waals surface area contributed by atoms with Crippen LogP contribution in [0.25, 0.3) is 28.4 Å². The zero-order valence-electron chi connectivity index (χ0n) is 18.8. The lowest BCUT2D eigenvalue weighted by Gasteiger charge is -2.15. The van der Waals surface area contributed by atoms with Gasteiger partial charge >= 0.3 is 0 Å². The predicted molar refractivity (Wildman–Crippen MR) is 131 cm³/mol. The highest BCUT2D eigenvalue weighted by atomic mass is 16.6. The molecule has 10 heteroatoms. The van der Waals surface area contributed by atoms with Crippen molar-refractivity contribution in [2.24, 2.45) is 0 Å². The molecule has 3 aromatic carbocycles. The molecule has 1 aromatic heterocycles. The second-order valence-electron chi connectivity index (χ2n) is 7.32. The third-order valence-corrected chi connectivity index (χ3v) is 5.17. The number of rotatable bonds is 7. The number of nitrogens with zero attached hydrogens (tertiary/aromatic N) is 3. The largest absolute Gasteiger partial charge is 0.493 e. The molecule has 0 spiro atoms. The fourth-order valence-electron chi connectivity index (χ4n) is 3.43. The van der Waals surface area contributed by atoms with Crippen LogP contribution in [0.3, 0.4) is 0 Å². The van der Waals surface area contributed by atoms with Gasteiger partial charge in [0, 0.05) is 23.8 Å². The third-order valence-electron chi connectivity index (χ3n) is 5.17. The fourth-order valence-corrected chi connectivity index (χ4v) is 3.43. The van der Waals surface area contributed by atoms with E-state index in [4.69, 9.17) is 9.47 Å². The standard InChI is InChI=1S/C25H20N4O6/c1-34-21-13-10-17(15-22(21)35-2)24-26-20-6-4-3-5-19(20)25(31)28(24)27-23(30)14-9-16-7-11-18(12-8-16)29(32)33/h3-15H,1-2H3,(H,27,30)/b14-9+. The molecule has 0 bridgehead atoms. The Kier molecular flexibility index (Phi) is 6.54. The van der Waals surface area contributed by atoms with Crippen molar-refractivity contribution in [3.05, 3.63) is 98.8 Å². The number of para-hydroxylation sites is 1. The number of ether oxygens (including phenoxy) is 2. The van der Waals surface area contributed by atoms with E-state index in [1.54, 1.807) is 42.5 Å². The average molecular weight is 472 g/mol. The first-order valence-electron chi connectivity index (χ1n) is 10.4. The van der Waals surface area contributed by atoms with Gasteiger partial charge in [0.1, 0.15) is 0 Å². The molecule has 1 heterocycles. The Hall–Kier alpha value is -4.99. The average Bonchev–Trinajstić information content (AvgIpc) is 2.88. The summed E-state index contributed by atoms with van der Waals surface area (Å²) < 4.78 is 11.7. The minimum Gasteiger partial charge on any atom is -0.493 e. The normalized spacial score (nSPS) is 10.9. The van der Waals surface area contributed by atoms with E-state index in [0.717, 1.165) is 4.68 Å². The first kappa shape index (κ1) is 23.2. The van der Waals surface area contributed by atoms with E-state index in [2.05, 4.69) is 10.4 Å². The van der Waals surface area contributed by atoms with Crippen LogP contribution in [0.2, 0.25) is 0 Å². The molecule has 0 radical (unpaired) electrons. The van der Waals surface area contributed by atoms with Gasteiger partial charge in [-0.2, -0.15) is 4.68 Å². The number of carbonyl (C=O) groups excluding carboxylic acids is 1. The number of hydrogen-bond acceptors (Lipinski definition) is 7. The summed E-state index contributed by atoms with van der Waals surface area (Å²) in [5, 5.41) is 11.1. The summed E-state index contributed by atoms with van der Waals surface area (Å²) >= 11 is 0. The number of methoxy groups -OCH3 is 2. The van der Waals surface area contributed by atoms with E-state index < -0.39 is 16.4 Å². The summed E-state index contributed by atoms with van der Waals surface area (Å²) in [5.41, 5.74) is 3.62.